The van der Waals surface area contributed by atoms with E-state index >= 15 is 0 Å². The van der Waals surface area contributed by atoms with E-state index < -0.39 is 0 Å². The van der Waals surface area contributed by atoms with Crippen molar-refractivity contribution >= 4 is 6.41 Å². The molecule has 0 bridgehead atoms. The number of nitrogens with zero attached hydrogens (tertiary/aromatic N) is 1. The first-order valence-electron chi connectivity index (χ1n) is 9.66. The Bertz CT molecular complexity index is 475. The molecule has 1 saturated carbocycles. The molecule has 3 nitrogen and oxygen atoms in total. The van der Waals surface area contributed by atoms with Crippen LogP contribution in [0.15, 0.2) is 11.6 Å². The van der Waals surface area contributed by atoms with Crippen molar-refractivity contribution in [3.8, 4) is 12.3 Å². The van der Waals surface area contributed by atoms with Crippen molar-refractivity contribution in [3.05, 3.63) is 11.6 Å². The highest BCUT2D eigenvalue weighted by molar-refractivity contribution is 5.47. The lowest BCUT2D eigenvalue weighted by Crippen LogP contribution is -2.48. The predicted octanol–water partition coefficient (Wildman–Crippen LogP) is 3.61. The molecule has 1 N–H and O–H groups in total. The standard InChI is InChI=1S/C21H34N2O/c1-5-13-23(4)21(16(3)6-2)20(17-9-7-10-17)18-11-8-12-19(14-18)22-15-24/h1,14-17,19-21H,6-13H2,2-4H3,(H,22,24)/t16-,19?,20+,21?/m1/s1. The first kappa shape index (κ1) is 19.1. The molecule has 0 aliphatic heterocycles. The number of carbonyl (C=O) groups is 1. The number of nitrogens with one attached hydrogen (secondary N) is 1. The van der Waals surface area contributed by atoms with Crippen molar-refractivity contribution in [1.29, 1.82) is 0 Å². The lowest BCUT2D eigenvalue weighted by molar-refractivity contribution is -0.109. The lowest BCUT2D eigenvalue weighted by Gasteiger charge is -2.46. The first-order valence-corrected chi connectivity index (χ1v) is 9.66. The zero-order valence-electron chi connectivity index (χ0n) is 15.6. The van der Waals surface area contributed by atoms with E-state index in [1.54, 1.807) is 5.57 Å². The molecule has 3 heteroatoms. The van der Waals surface area contributed by atoms with Crippen LogP contribution in [-0.2, 0) is 4.79 Å². The van der Waals surface area contributed by atoms with Crippen LogP contribution in [0.5, 0.6) is 0 Å². The topological polar surface area (TPSA) is 32.3 Å². The molecule has 4 atom stereocenters. The van der Waals surface area contributed by atoms with Crippen molar-refractivity contribution in [2.45, 2.75) is 70.9 Å². The van der Waals surface area contributed by atoms with Gasteiger partial charge in [0.15, 0.2) is 0 Å². The van der Waals surface area contributed by atoms with Gasteiger partial charge in [0.25, 0.3) is 0 Å². The third-order valence-corrected chi connectivity index (χ3v) is 6.21. The van der Waals surface area contributed by atoms with Crippen LogP contribution in [0.2, 0.25) is 0 Å². The Labute approximate surface area is 148 Å². The third-order valence-electron chi connectivity index (χ3n) is 6.21. The SMILES string of the molecule is C#CCN(C)C([C@H](C1=CC(NC=O)CCC1)C1CCC1)[C@H](C)CC. The van der Waals surface area contributed by atoms with Gasteiger partial charge >= 0.3 is 0 Å². The molecule has 2 rings (SSSR count). The maximum atomic E-state index is 10.9. The van der Waals surface area contributed by atoms with Crippen LogP contribution in [-0.4, -0.2) is 37.0 Å². The number of terminal acetylenes is 1. The molecule has 0 aromatic carbocycles. The molecular weight excluding hydrogens is 296 g/mol. The first-order chi connectivity index (χ1) is 11.6. The van der Waals surface area contributed by atoms with Crippen LogP contribution in [0, 0.1) is 30.1 Å². The zero-order chi connectivity index (χ0) is 17.5. The monoisotopic (exact) mass is 330 g/mol. The van der Waals surface area contributed by atoms with Crippen LogP contribution in [0.4, 0.5) is 0 Å². The summed E-state index contributed by atoms with van der Waals surface area (Å²) in [6, 6.07) is 0.710. The Morgan fingerprint density at radius 1 is 1.42 bits per heavy atom. The largest absolute Gasteiger partial charge is 0.352 e. The second-order valence-electron chi connectivity index (χ2n) is 7.74. The fraction of sp³-hybridized carbons (Fsp3) is 0.762. The van der Waals surface area contributed by atoms with Crippen molar-refractivity contribution in [2.75, 3.05) is 13.6 Å². The summed E-state index contributed by atoms with van der Waals surface area (Å²) in [7, 11) is 2.19. The minimum absolute atomic E-state index is 0.212. The van der Waals surface area contributed by atoms with E-state index in [9.17, 15) is 4.79 Å². The molecular formula is C21H34N2O. The van der Waals surface area contributed by atoms with Gasteiger partial charge in [-0.05, 0) is 56.9 Å². The Morgan fingerprint density at radius 3 is 2.71 bits per heavy atom. The summed E-state index contributed by atoms with van der Waals surface area (Å²) >= 11 is 0. The van der Waals surface area contributed by atoms with Crippen molar-refractivity contribution in [2.24, 2.45) is 17.8 Å². The third kappa shape index (κ3) is 4.42. The quantitative estimate of drug-likeness (QED) is 0.398. The molecule has 1 amide bonds. The Morgan fingerprint density at radius 2 is 2.17 bits per heavy atom. The summed E-state index contributed by atoms with van der Waals surface area (Å²) in [5.41, 5.74) is 1.57. The van der Waals surface area contributed by atoms with Gasteiger partial charge in [-0.15, -0.1) is 6.42 Å². The molecule has 2 unspecified atom stereocenters. The van der Waals surface area contributed by atoms with Crippen molar-refractivity contribution < 1.29 is 4.79 Å². The summed E-state index contributed by atoms with van der Waals surface area (Å²) in [4.78, 5) is 13.3. The van der Waals surface area contributed by atoms with Crippen LogP contribution in [0.3, 0.4) is 0 Å². The number of hydrogen-bond acceptors (Lipinski definition) is 2. The van der Waals surface area contributed by atoms with Gasteiger partial charge in [-0.3, -0.25) is 9.69 Å². The van der Waals surface area contributed by atoms with E-state index in [0.29, 0.717) is 24.4 Å². The summed E-state index contributed by atoms with van der Waals surface area (Å²) in [5, 5.41) is 2.98. The highest BCUT2D eigenvalue weighted by atomic mass is 16.1. The lowest BCUT2D eigenvalue weighted by atomic mass is 9.65. The highest BCUT2D eigenvalue weighted by Gasteiger charge is 2.39. The molecule has 1 fully saturated rings. The van der Waals surface area contributed by atoms with E-state index in [4.69, 9.17) is 6.42 Å². The van der Waals surface area contributed by atoms with E-state index in [2.05, 4.69) is 43.1 Å². The zero-order valence-corrected chi connectivity index (χ0v) is 15.6. The number of hydrogen-bond donors (Lipinski definition) is 1. The maximum Gasteiger partial charge on any atom is 0.207 e. The molecule has 0 aromatic heterocycles. The van der Waals surface area contributed by atoms with Crippen LogP contribution < -0.4 is 5.32 Å². The van der Waals surface area contributed by atoms with Crippen LogP contribution in [0.1, 0.15) is 58.8 Å². The van der Waals surface area contributed by atoms with Gasteiger partial charge < -0.3 is 5.32 Å². The molecule has 24 heavy (non-hydrogen) atoms. The van der Waals surface area contributed by atoms with Gasteiger partial charge in [-0.1, -0.05) is 44.3 Å². The fourth-order valence-electron chi connectivity index (χ4n) is 4.60. The molecule has 2 aliphatic rings. The van der Waals surface area contributed by atoms with E-state index in [1.165, 1.54) is 38.5 Å². The van der Waals surface area contributed by atoms with E-state index in [-0.39, 0.29) is 6.04 Å². The number of carbonyl (C=O) groups excluding carboxylic acids is 1. The van der Waals surface area contributed by atoms with Crippen molar-refractivity contribution in [3.63, 3.8) is 0 Å². The molecule has 0 aromatic rings. The van der Waals surface area contributed by atoms with Crippen LogP contribution >= 0.6 is 0 Å². The minimum atomic E-state index is 0.212. The summed E-state index contributed by atoms with van der Waals surface area (Å²) < 4.78 is 0. The van der Waals surface area contributed by atoms with Gasteiger partial charge in [0, 0.05) is 12.1 Å². The Balaban J connectivity index is 2.30. The van der Waals surface area contributed by atoms with E-state index in [0.717, 1.165) is 18.7 Å². The van der Waals surface area contributed by atoms with Gasteiger partial charge in [0.05, 0.1) is 6.54 Å². The average molecular weight is 331 g/mol. The smallest absolute Gasteiger partial charge is 0.207 e. The molecule has 0 radical (unpaired) electrons. The Kier molecular flexibility index (Phi) is 7.37. The number of amides is 1. The maximum absolute atomic E-state index is 10.9. The molecule has 0 saturated heterocycles. The fourth-order valence-corrected chi connectivity index (χ4v) is 4.60. The van der Waals surface area contributed by atoms with Gasteiger partial charge in [0.2, 0.25) is 6.41 Å². The minimum Gasteiger partial charge on any atom is -0.352 e. The molecule has 0 spiro atoms. The summed E-state index contributed by atoms with van der Waals surface area (Å²) in [6.07, 6.45) is 17.4. The summed E-state index contributed by atoms with van der Waals surface area (Å²) in [5.74, 6) is 4.83. The molecule has 134 valence electrons. The second-order valence-corrected chi connectivity index (χ2v) is 7.74. The van der Waals surface area contributed by atoms with Gasteiger partial charge in [-0.25, -0.2) is 0 Å². The highest BCUT2D eigenvalue weighted by Crippen LogP contribution is 2.44. The second kappa shape index (κ2) is 9.28. The Hall–Kier alpha value is -1.27. The summed E-state index contributed by atoms with van der Waals surface area (Å²) in [6.45, 7) is 5.36. The predicted molar refractivity (Wildman–Crippen MR) is 100 cm³/mol. The molecule has 2 aliphatic carbocycles. The van der Waals surface area contributed by atoms with Gasteiger partial charge in [0.1, 0.15) is 0 Å². The average Bonchev–Trinajstić information content (AvgIpc) is 2.53. The van der Waals surface area contributed by atoms with Crippen LogP contribution in [0.25, 0.3) is 0 Å². The molecule has 0 heterocycles. The van der Waals surface area contributed by atoms with Crippen molar-refractivity contribution in [1.82, 2.24) is 10.2 Å². The van der Waals surface area contributed by atoms with E-state index in [1.807, 2.05) is 0 Å². The normalized spacial score (nSPS) is 25.1. The number of rotatable bonds is 9. The van der Waals surface area contributed by atoms with Gasteiger partial charge in [-0.2, -0.15) is 0 Å².